The molecule has 11 rings (SSSR count). The number of benzene rings is 8. The molecule has 57 heavy (non-hydrogen) atoms. The first-order chi connectivity index (χ1) is 28.1. The van der Waals surface area contributed by atoms with Gasteiger partial charge in [-0.3, -0.25) is 0 Å². The predicted octanol–water partition coefficient (Wildman–Crippen LogP) is 14.5. The van der Waals surface area contributed by atoms with Gasteiger partial charge in [0, 0.05) is 47.8 Å². The Morgan fingerprint density at radius 3 is 1.81 bits per heavy atom. The van der Waals surface area contributed by atoms with Gasteiger partial charge in [-0.1, -0.05) is 182 Å². The predicted molar refractivity (Wildman–Crippen MR) is 240 cm³/mol. The molecular formula is C54H36N2S. The lowest BCUT2D eigenvalue weighted by Crippen LogP contribution is -2.22. The van der Waals surface area contributed by atoms with E-state index < -0.39 is 0 Å². The molecule has 268 valence electrons. The molecule has 2 aromatic heterocycles. The van der Waals surface area contributed by atoms with Crippen LogP contribution in [0.25, 0.3) is 87.5 Å². The molecule has 0 spiro atoms. The molecule has 0 aliphatic heterocycles. The zero-order chi connectivity index (χ0) is 37.9. The van der Waals surface area contributed by atoms with Crippen molar-refractivity contribution in [3.63, 3.8) is 0 Å². The van der Waals surface area contributed by atoms with E-state index in [1.165, 1.54) is 64.7 Å². The van der Waals surface area contributed by atoms with Crippen molar-refractivity contribution in [3.8, 4) is 67.3 Å². The fourth-order valence-electron chi connectivity index (χ4n) is 8.94. The monoisotopic (exact) mass is 744 g/mol. The molecule has 0 fully saturated rings. The molecule has 0 amide bonds. The van der Waals surface area contributed by atoms with E-state index in [1.54, 1.807) is 0 Å². The van der Waals surface area contributed by atoms with Crippen molar-refractivity contribution in [3.05, 3.63) is 217 Å². The Morgan fingerprint density at radius 1 is 0.386 bits per heavy atom. The molecule has 3 heteroatoms. The van der Waals surface area contributed by atoms with Crippen LogP contribution in [-0.4, -0.2) is 9.97 Å². The van der Waals surface area contributed by atoms with E-state index in [9.17, 15) is 0 Å². The lowest BCUT2D eigenvalue weighted by Gasteiger charge is -2.28. The molecule has 2 heterocycles. The van der Waals surface area contributed by atoms with E-state index in [2.05, 4.69) is 189 Å². The van der Waals surface area contributed by atoms with E-state index in [0.717, 1.165) is 33.6 Å². The topological polar surface area (TPSA) is 25.8 Å². The van der Waals surface area contributed by atoms with Crippen molar-refractivity contribution in [1.29, 1.82) is 0 Å². The van der Waals surface area contributed by atoms with Crippen molar-refractivity contribution in [2.75, 3.05) is 0 Å². The van der Waals surface area contributed by atoms with Crippen molar-refractivity contribution in [2.45, 2.75) is 12.3 Å². The molecule has 1 atom stereocenters. The SMILES string of the molecule is CC1(c2ccccc2)c2ccccc2-c2ccc(-c3ccc(-c4cc(-c5ccccc5-c5cccc6c5sc5ccccc56)nc(-c5ccccc5)n4)cc3)cc21. The van der Waals surface area contributed by atoms with Crippen molar-refractivity contribution in [1.82, 2.24) is 9.97 Å². The standard InChI is InChI=1S/C54H36N2S/c1-54(39-17-6-3-7-18-39)47-25-12-10-20-41(47)42-32-31-38(33-48(42)54)35-27-29-36(30-28-35)49-34-50(56-53(55-49)37-15-4-2-5-16-37)43-21-9-8-19-40(43)45-23-14-24-46-44-22-11-13-26-51(44)57-52(45)46/h2-34H,1H3. The second-order valence-electron chi connectivity index (χ2n) is 15.0. The van der Waals surface area contributed by atoms with Gasteiger partial charge in [0.15, 0.2) is 5.82 Å². The number of aromatic nitrogens is 2. The van der Waals surface area contributed by atoms with Crippen LogP contribution in [0.3, 0.4) is 0 Å². The second kappa shape index (κ2) is 13.4. The third-order valence-electron chi connectivity index (χ3n) is 11.8. The molecule has 0 saturated heterocycles. The molecule has 1 aliphatic carbocycles. The Bertz CT molecular complexity index is 3130. The van der Waals surface area contributed by atoms with E-state index in [1.807, 2.05) is 29.5 Å². The minimum absolute atomic E-state index is 0.243. The maximum absolute atomic E-state index is 5.25. The summed E-state index contributed by atoms with van der Waals surface area (Å²) in [4.78, 5) is 10.5. The first kappa shape index (κ1) is 33.4. The Kier molecular flexibility index (Phi) is 7.84. The highest BCUT2D eigenvalue weighted by Crippen LogP contribution is 2.53. The Hall–Kier alpha value is -6.94. The molecule has 0 saturated carbocycles. The molecule has 1 unspecified atom stereocenters. The summed E-state index contributed by atoms with van der Waals surface area (Å²) in [6.45, 7) is 2.37. The average Bonchev–Trinajstić information content (AvgIpc) is 3.80. The smallest absolute Gasteiger partial charge is 0.160 e. The van der Waals surface area contributed by atoms with Gasteiger partial charge in [-0.25, -0.2) is 9.97 Å². The number of hydrogen-bond acceptors (Lipinski definition) is 3. The maximum atomic E-state index is 5.25. The van der Waals surface area contributed by atoms with Crippen molar-refractivity contribution < 1.29 is 0 Å². The summed E-state index contributed by atoms with van der Waals surface area (Å²) in [6.07, 6.45) is 0. The number of thiophene rings is 1. The number of fused-ring (bicyclic) bond motifs is 6. The highest BCUT2D eigenvalue weighted by Gasteiger charge is 2.40. The van der Waals surface area contributed by atoms with Gasteiger partial charge < -0.3 is 0 Å². The highest BCUT2D eigenvalue weighted by molar-refractivity contribution is 7.26. The van der Waals surface area contributed by atoms with E-state index in [4.69, 9.17) is 9.97 Å². The molecule has 0 radical (unpaired) electrons. The van der Waals surface area contributed by atoms with Gasteiger partial charge in [-0.15, -0.1) is 11.3 Å². The Balaban J connectivity index is 1.02. The largest absolute Gasteiger partial charge is 0.228 e. The lowest BCUT2D eigenvalue weighted by atomic mass is 9.74. The zero-order valence-corrected chi connectivity index (χ0v) is 32.2. The number of nitrogens with zero attached hydrogens (tertiary/aromatic N) is 2. The summed E-state index contributed by atoms with van der Waals surface area (Å²) in [5, 5.41) is 2.58. The fourth-order valence-corrected chi connectivity index (χ4v) is 10.2. The molecule has 0 bridgehead atoms. The minimum atomic E-state index is -0.243. The summed E-state index contributed by atoms with van der Waals surface area (Å²) in [5.74, 6) is 0.709. The first-order valence-corrected chi connectivity index (χ1v) is 20.3. The first-order valence-electron chi connectivity index (χ1n) is 19.5. The molecular weight excluding hydrogens is 709 g/mol. The summed E-state index contributed by atoms with van der Waals surface area (Å²) >= 11 is 1.86. The highest BCUT2D eigenvalue weighted by atomic mass is 32.1. The van der Waals surface area contributed by atoms with E-state index in [-0.39, 0.29) is 5.41 Å². The van der Waals surface area contributed by atoms with E-state index in [0.29, 0.717) is 5.82 Å². The van der Waals surface area contributed by atoms with Gasteiger partial charge in [0.2, 0.25) is 0 Å². The van der Waals surface area contributed by atoms with E-state index >= 15 is 0 Å². The van der Waals surface area contributed by atoms with Crippen molar-refractivity contribution >= 4 is 31.5 Å². The van der Waals surface area contributed by atoms with Crippen LogP contribution in [0.1, 0.15) is 23.6 Å². The maximum Gasteiger partial charge on any atom is 0.160 e. The van der Waals surface area contributed by atoms with Crippen LogP contribution >= 0.6 is 11.3 Å². The van der Waals surface area contributed by atoms with Gasteiger partial charge in [0.25, 0.3) is 0 Å². The van der Waals surface area contributed by atoms with Crippen LogP contribution in [0, 0.1) is 0 Å². The zero-order valence-electron chi connectivity index (χ0n) is 31.4. The van der Waals surface area contributed by atoms with Crippen LogP contribution in [0.4, 0.5) is 0 Å². The van der Waals surface area contributed by atoms with Crippen LogP contribution in [-0.2, 0) is 5.41 Å². The average molecular weight is 745 g/mol. The summed E-state index contributed by atoms with van der Waals surface area (Å²) < 4.78 is 2.59. The molecule has 10 aromatic rings. The van der Waals surface area contributed by atoms with Gasteiger partial charge >= 0.3 is 0 Å². The minimum Gasteiger partial charge on any atom is -0.228 e. The van der Waals surface area contributed by atoms with Gasteiger partial charge in [0.05, 0.1) is 11.4 Å². The lowest BCUT2D eigenvalue weighted by molar-refractivity contribution is 0.714. The molecule has 2 nitrogen and oxygen atoms in total. The molecule has 1 aliphatic rings. The van der Waals surface area contributed by atoms with Crippen LogP contribution in [0.2, 0.25) is 0 Å². The van der Waals surface area contributed by atoms with Crippen LogP contribution < -0.4 is 0 Å². The second-order valence-corrected chi connectivity index (χ2v) is 16.1. The van der Waals surface area contributed by atoms with Crippen LogP contribution in [0.15, 0.2) is 200 Å². The third-order valence-corrected chi connectivity index (χ3v) is 13.1. The third kappa shape index (κ3) is 5.46. The van der Waals surface area contributed by atoms with Crippen molar-refractivity contribution in [2.24, 2.45) is 0 Å². The quantitative estimate of drug-likeness (QED) is 0.169. The summed E-state index contributed by atoms with van der Waals surface area (Å²) in [5.41, 5.74) is 16.0. The van der Waals surface area contributed by atoms with Gasteiger partial charge in [-0.2, -0.15) is 0 Å². The molecule has 8 aromatic carbocycles. The Labute approximate surface area is 336 Å². The van der Waals surface area contributed by atoms with Gasteiger partial charge in [0.1, 0.15) is 0 Å². The number of hydrogen-bond donors (Lipinski definition) is 0. The fraction of sp³-hybridized carbons (Fsp3) is 0.0370. The number of rotatable bonds is 6. The molecule has 0 N–H and O–H groups in total. The normalized spacial score (nSPS) is 14.5. The van der Waals surface area contributed by atoms with Crippen LogP contribution in [0.5, 0.6) is 0 Å². The summed E-state index contributed by atoms with van der Waals surface area (Å²) in [7, 11) is 0. The Morgan fingerprint density at radius 2 is 0.982 bits per heavy atom. The summed E-state index contributed by atoms with van der Waals surface area (Å²) in [6, 6.07) is 72.1. The van der Waals surface area contributed by atoms with Gasteiger partial charge in [-0.05, 0) is 69.6 Å².